The summed E-state index contributed by atoms with van der Waals surface area (Å²) < 4.78 is 10.9. The molecule has 0 amide bonds. The summed E-state index contributed by atoms with van der Waals surface area (Å²) in [5.41, 5.74) is 8.61. The molecule has 0 heterocycles. The van der Waals surface area contributed by atoms with Crippen LogP contribution in [0.4, 0.5) is 0 Å². The van der Waals surface area contributed by atoms with Crippen molar-refractivity contribution in [3.05, 3.63) is 23.3 Å². The molecule has 17 heavy (non-hydrogen) atoms. The van der Waals surface area contributed by atoms with Crippen LogP contribution in [-0.4, -0.2) is 14.2 Å². The van der Waals surface area contributed by atoms with Crippen molar-refractivity contribution in [3.63, 3.8) is 0 Å². The summed E-state index contributed by atoms with van der Waals surface area (Å²) in [5.74, 6) is 1.57. The fraction of sp³-hybridized carbons (Fsp3) is 0.571. The maximum Gasteiger partial charge on any atom is 0.166 e. The minimum Gasteiger partial charge on any atom is -0.493 e. The van der Waals surface area contributed by atoms with Gasteiger partial charge in [0.15, 0.2) is 11.5 Å². The van der Waals surface area contributed by atoms with Crippen LogP contribution < -0.4 is 15.2 Å². The van der Waals surface area contributed by atoms with Crippen LogP contribution in [-0.2, 0) is 5.54 Å². The molecule has 2 rings (SSSR count). The molecule has 2 N–H and O–H groups in total. The summed E-state index contributed by atoms with van der Waals surface area (Å²) in [6.07, 6.45) is 4.43. The number of hydrogen-bond acceptors (Lipinski definition) is 3. The highest BCUT2D eigenvalue weighted by Crippen LogP contribution is 2.45. The Labute approximate surface area is 103 Å². The molecule has 1 fully saturated rings. The fourth-order valence-electron chi connectivity index (χ4n) is 2.90. The smallest absolute Gasteiger partial charge is 0.166 e. The second-order valence-corrected chi connectivity index (χ2v) is 4.86. The van der Waals surface area contributed by atoms with Crippen LogP contribution in [0.5, 0.6) is 11.5 Å². The van der Waals surface area contributed by atoms with Gasteiger partial charge >= 0.3 is 0 Å². The minimum atomic E-state index is -0.246. The molecule has 1 aromatic carbocycles. The number of rotatable bonds is 3. The lowest BCUT2D eigenvalue weighted by atomic mass is 9.85. The standard InChI is InChI=1S/C14H21NO2/c1-10-6-7-11(16-2)13(17-3)12(10)14(15)8-4-5-9-14/h6-7H,4-5,8-9,15H2,1-3H3. The summed E-state index contributed by atoms with van der Waals surface area (Å²) in [4.78, 5) is 0. The Balaban J connectivity index is 2.57. The zero-order valence-electron chi connectivity index (χ0n) is 10.9. The van der Waals surface area contributed by atoms with E-state index in [-0.39, 0.29) is 5.54 Å². The summed E-state index contributed by atoms with van der Waals surface area (Å²) in [6.45, 7) is 2.09. The third-order valence-corrected chi connectivity index (χ3v) is 3.75. The van der Waals surface area contributed by atoms with Crippen LogP contribution in [0.3, 0.4) is 0 Å². The first kappa shape index (κ1) is 12.2. The topological polar surface area (TPSA) is 44.5 Å². The molecular formula is C14H21NO2. The van der Waals surface area contributed by atoms with Crippen LogP contribution in [0.2, 0.25) is 0 Å². The van der Waals surface area contributed by atoms with Gasteiger partial charge in [-0.3, -0.25) is 0 Å². The maximum absolute atomic E-state index is 6.55. The lowest BCUT2D eigenvalue weighted by molar-refractivity contribution is 0.336. The monoisotopic (exact) mass is 235 g/mol. The number of benzene rings is 1. The zero-order valence-corrected chi connectivity index (χ0v) is 10.9. The molecule has 1 saturated carbocycles. The van der Waals surface area contributed by atoms with Crippen molar-refractivity contribution < 1.29 is 9.47 Å². The number of nitrogens with two attached hydrogens (primary N) is 1. The van der Waals surface area contributed by atoms with Crippen molar-refractivity contribution in [3.8, 4) is 11.5 Å². The Morgan fingerprint density at radius 1 is 1.12 bits per heavy atom. The Bertz CT molecular complexity index is 409. The molecule has 0 spiro atoms. The first-order valence-corrected chi connectivity index (χ1v) is 6.13. The third kappa shape index (κ3) is 2.00. The Morgan fingerprint density at radius 2 is 1.76 bits per heavy atom. The van der Waals surface area contributed by atoms with Crippen molar-refractivity contribution in [1.82, 2.24) is 0 Å². The van der Waals surface area contributed by atoms with Crippen LogP contribution in [0, 0.1) is 6.92 Å². The van der Waals surface area contributed by atoms with E-state index in [0.717, 1.165) is 29.9 Å². The van der Waals surface area contributed by atoms with Gasteiger partial charge in [-0.1, -0.05) is 18.9 Å². The van der Waals surface area contributed by atoms with Crippen molar-refractivity contribution in [1.29, 1.82) is 0 Å². The maximum atomic E-state index is 6.55. The molecule has 1 aromatic rings. The molecular weight excluding hydrogens is 214 g/mol. The van der Waals surface area contributed by atoms with Crippen LogP contribution >= 0.6 is 0 Å². The molecule has 1 aliphatic rings. The first-order valence-electron chi connectivity index (χ1n) is 6.13. The molecule has 0 aromatic heterocycles. The van der Waals surface area contributed by atoms with E-state index in [0.29, 0.717) is 0 Å². The predicted octanol–water partition coefficient (Wildman–Crippen LogP) is 2.74. The molecule has 1 aliphatic carbocycles. The quantitative estimate of drug-likeness (QED) is 0.876. The summed E-state index contributed by atoms with van der Waals surface area (Å²) in [7, 11) is 3.34. The second kappa shape index (κ2) is 4.57. The predicted molar refractivity (Wildman–Crippen MR) is 68.6 cm³/mol. The Kier molecular flexibility index (Phi) is 3.29. The number of hydrogen-bond donors (Lipinski definition) is 1. The van der Waals surface area contributed by atoms with Crippen molar-refractivity contribution in [2.45, 2.75) is 38.1 Å². The summed E-state index contributed by atoms with van der Waals surface area (Å²) in [6, 6.07) is 4.00. The van der Waals surface area contributed by atoms with E-state index in [2.05, 4.69) is 13.0 Å². The van der Waals surface area contributed by atoms with E-state index in [1.807, 2.05) is 6.07 Å². The Morgan fingerprint density at radius 3 is 2.29 bits per heavy atom. The lowest BCUT2D eigenvalue weighted by Crippen LogP contribution is -2.34. The van der Waals surface area contributed by atoms with Gasteiger partial charge in [0, 0.05) is 11.1 Å². The summed E-state index contributed by atoms with van der Waals surface area (Å²) >= 11 is 0. The zero-order chi connectivity index (χ0) is 12.5. The van der Waals surface area contributed by atoms with Gasteiger partial charge in [-0.05, 0) is 31.4 Å². The SMILES string of the molecule is COc1ccc(C)c(C2(N)CCCC2)c1OC. The van der Waals surface area contributed by atoms with E-state index in [9.17, 15) is 0 Å². The van der Waals surface area contributed by atoms with Crippen molar-refractivity contribution in [2.75, 3.05) is 14.2 Å². The second-order valence-electron chi connectivity index (χ2n) is 4.86. The van der Waals surface area contributed by atoms with Crippen molar-refractivity contribution >= 4 is 0 Å². The molecule has 3 heteroatoms. The molecule has 94 valence electrons. The van der Waals surface area contributed by atoms with E-state index < -0.39 is 0 Å². The largest absolute Gasteiger partial charge is 0.493 e. The molecule has 0 radical (unpaired) electrons. The number of aryl methyl sites for hydroxylation is 1. The highest BCUT2D eigenvalue weighted by atomic mass is 16.5. The molecule has 0 atom stereocenters. The van der Waals surface area contributed by atoms with Gasteiger partial charge in [0.05, 0.1) is 14.2 Å². The van der Waals surface area contributed by atoms with E-state index >= 15 is 0 Å². The molecule has 0 bridgehead atoms. The van der Waals surface area contributed by atoms with E-state index in [1.165, 1.54) is 18.4 Å². The van der Waals surface area contributed by atoms with Crippen LogP contribution in [0.15, 0.2) is 12.1 Å². The van der Waals surface area contributed by atoms with Crippen LogP contribution in [0.25, 0.3) is 0 Å². The number of methoxy groups -OCH3 is 2. The van der Waals surface area contributed by atoms with Gasteiger partial charge in [-0.15, -0.1) is 0 Å². The van der Waals surface area contributed by atoms with Gasteiger partial charge < -0.3 is 15.2 Å². The first-order chi connectivity index (χ1) is 8.12. The van der Waals surface area contributed by atoms with Gasteiger partial charge in [0.25, 0.3) is 0 Å². The van der Waals surface area contributed by atoms with Gasteiger partial charge in [0.1, 0.15) is 0 Å². The van der Waals surface area contributed by atoms with Gasteiger partial charge in [-0.25, -0.2) is 0 Å². The normalized spacial score (nSPS) is 18.1. The molecule has 0 saturated heterocycles. The third-order valence-electron chi connectivity index (χ3n) is 3.75. The Hall–Kier alpha value is -1.22. The van der Waals surface area contributed by atoms with E-state index in [4.69, 9.17) is 15.2 Å². The van der Waals surface area contributed by atoms with Gasteiger partial charge in [-0.2, -0.15) is 0 Å². The average molecular weight is 235 g/mol. The van der Waals surface area contributed by atoms with Crippen molar-refractivity contribution in [2.24, 2.45) is 5.73 Å². The average Bonchev–Trinajstić information content (AvgIpc) is 2.76. The van der Waals surface area contributed by atoms with Gasteiger partial charge in [0.2, 0.25) is 0 Å². The molecule has 3 nitrogen and oxygen atoms in total. The number of ether oxygens (including phenoxy) is 2. The summed E-state index contributed by atoms with van der Waals surface area (Å²) in [5, 5.41) is 0. The van der Waals surface area contributed by atoms with E-state index in [1.54, 1.807) is 14.2 Å². The molecule has 0 unspecified atom stereocenters. The lowest BCUT2D eigenvalue weighted by Gasteiger charge is -2.29. The molecule has 0 aliphatic heterocycles. The van der Waals surface area contributed by atoms with Crippen LogP contribution in [0.1, 0.15) is 36.8 Å². The highest BCUT2D eigenvalue weighted by molar-refractivity contribution is 5.54. The fourth-order valence-corrected chi connectivity index (χ4v) is 2.90. The minimum absolute atomic E-state index is 0.246. The highest BCUT2D eigenvalue weighted by Gasteiger charge is 2.36.